The Labute approximate surface area is 180 Å². The minimum atomic E-state index is -3.55. The van der Waals surface area contributed by atoms with Crippen LogP contribution in [0.5, 0.6) is 0 Å². The molecule has 1 aliphatic carbocycles. The predicted octanol–water partition coefficient (Wildman–Crippen LogP) is 2.02. The lowest BCUT2D eigenvalue weighted by Gasteiger charge is -2.22. The van der Waals surface area contributed by atoms with E-state index in [1.807, 2.05) is 6.07 Å². The number of hydrogen-bond acceptors (Lipinski definition) is 5. The number of hydrogen-bond donors (Lipinski definition) is 3. The van der Waals surface area contributed by atoms with E-state index in [-0.39, 0.29) is 11.4 Å². The fraction of sp³-hybridized carbons (Fsp3) is 0.667. The highest BCUT2D eigenvalue weighted by molar-refractivity contribution is 7.89. The van der Waals surface area contributed by atoms with E-state index in [1.54, 1.807) is 25.2 Å². The summed E-state index contributed by atoms with van der Waals surface area (Å²) >= 11 is 0. The number of benzene rings is 1. The second-order valence-electron chi connectivity index (χ2n) is 7.37. The Morgan fingerprint density at radius 3 is 2.67 bits per heavy atom. The molecular formula is C21H36N4O4S. The Morgan fingerprint density at radius 1 is 1.13 bits per heavy atom. The fourth-order valence-electron chi connectivity index (χ4n) is 3.35. The highest BCUT2D eigenvalue weighted by atomic mass is 32.2. The van der Waals surface area contributed by atoms with Gasteiger partial charge in [-0.1, -0.05) is 31.4 Å². The molecule has 1 aliphatic rings. The zero-order valence-corrected chi connectivity index (χ0v) is 19.0. The molecule has 0 aliphatic heterocycles. The molecule has 0 spiro atoms. The van der Waals surface area contributed by atoms with Crippen LogP contribution in [-0.4, -0.2) is 60.9 Å². The third-order valence-electron chi connectivity index (χ3n) is 5.01. The topological polar surface area (TPSA) is 101 Å². The smallest absolute Gasteiger partial charge is 0.240 e. The van der Waals surface area contributed by atoms with Crippen LogP contribution < -0.4 is 15.4 Å². The van der Waals surface area contributed by atoms with Crippen molar-refractivity contribution in [1.82, 2.24) is 15.4 Å². The quantitative estimate of drug-likeness (QED) is 0.261. The van der Waals surface area contributed by atoms with E-state index in [2.05, 4.69) is 20.3 Å². The molecule has 0 unspecified atom stereocenters. The van der Waals surface area contributed by atoms with Gasteiger partial charge in [0.2, 0.25) is 10.0 Å². The van der Waals surface area contributed by atoms with Crippen molar-refractivity contribution in [2.75, 3.05) is 40.5 Å². The van der Waals surface area contributed by atoms with Gasteiger partial charge in [0.1, 0.15) is 0 Å². The molecule has 1 aromatic rings. The van der Waals surface area contributed by atoms with E-state index in [0.717, 1.165) is 25.1 Å². The van der Waals surface area contributed by atoms with E-state index in [9.17, 15) is 8.42 Å². The van der Waals surface area contributed by atoms with Gasteiger partial charge >= 0.3 is 0 Å². The Morgan fingerprint density at radius 2 is 1.93 bits per heavy atom. The molecule has 1 fully saturated rings. The maximum absolute atomic E-state index is 12.3. The lowest BCUT2D eigenvalue weighted by atomic mass is 9.98. The highest BCUT2D eigenvalue weighted by Crippen LogP contribution is 2.20. The molecule has 0 saturated heterocycles. The van der Waals surface area contributed by atoms with Crippen LogP contribution in [0, 0.1) is 0 Å². The standard InChI is InChI=1S/C21H36N4O4S/c1-22-21(23-12-7-14-29-19-9-4-3-5-10-19)24-17-18-8-6-11-20(16-18)30(26,27)25-13-15-28-2/h6,8,11,16,19,25H,3-5,7,9-10,12-15,17H2,1-2H3,(H2,22,23,24). The van der Waals surface area contributed by atoms with Crippen LogP contribution in [-0.2, 0) is 26.0 Å². The summed E-state index contributed by atoms with van der Waals surface area (Å²) < 4.78 is 38.0. The molecule has 1 aromatic carbocycles. The number of rotatable bonds is 12. The van der Waals surface area contributed by atoms with Crippen molar-refractivity contribution in [3.63, 3.8) is 0 Å². The van der Waals surface area contributed by atoms with Crippen LogP contribution in [0.25, 0.3) is 0 Å². The molecule has 30 heavy (non-hydrogen) atoms. The molecule has 3 N–H and O–H groups in total. The van der Waals surface area contributed by atoms with Crippen LogP contribution in [0.2, 0.25) is 0 Å². The van der Waals surface area contributed by atoms with Crippen LogP contribution in [0.4, 0.5) is 0 Å². The van der Waals surface area contributed by atoms with Gasteiger partial charge in [-0.15, -0.1) is 0 Å². The summed E-state index contributed by atoms with van der Waals surface area (Å²) in [6, 6.07) is 6.86. The summed E-state index contributed by atoms with van der Waals surface area (Å²) in [6.45, 7) is 2.56. The summed E-state index contributed by atoms with van der Waals surface area (Å²) in [5, 5.41) is 6.49. The van der Waals surface area contributed by atoms with Crippen LogP contribution in [0.1, 0.15) is 44.1 Å². The average Bonchev–Trinajstić information content (AvgIpc) is 2.76. The lowest BCUT2D eigenvalue weighted by Crippen LogP contribution is -2.37. The summed E-state index contributed by atoms with van der Waals surface area (Å²) in [5.41, 5.74) is 0.855. The molecule has 0 amide bonds. The molecule has 170 valence electrons. The van der Waals surface area contributed by atoms with Crippen molar-refractivity contribution in [2.45, 2.75) is 56.1 Å². The Balaban J connectivity index is 1.72. The first kappa shape index (κ1) is 24.6. The Kier molecular flexibility index (Phi) is 11.1. The molecule has 1 saturated carbocycles. The fourth-order valence-corrected chi connectivity index (χ4v) is 4.43. The van der Waals surface area contributed by atoms with Crippen LogP contribution in [0.3, 0.4) is 0 Å². The van der Waals surface area contributed by atoms with Gasteiger partial charge in [-0.2, -0.15) is 0 Å². The van der Waals surface area contributed by atoms with Crippen molar-refractivity contribution in [3.05, 3.63) is 29.8 Å². The summed E-state index contributed by atoms with van der Waals surface area (Å²) in [7, 11) is -0.297. The number of sulfonamides is 1. The van der Waals surface area contributed by atoms with Gasteiger partial charge in [0, 0.05) is 40.4 Å². The van der Waals surface area contributed by atoms with Gasteiger partial charge < -0.3 is 20.1 Å². The minimum Gasteiger partial charge on any atom is -0.383 e. The minimum absolute atomic E-state index is 0.237. The van der Waals surface area contributed by atoms with E-state index >= 15 is 0 Å². The van der Waals surface area contributed by atoms with Gasteiger partial charge in [0.25, 0.3) is 0 Å². The third-order valence-corrected chi connectivity index (χ3v) is 6.47. The Hall–Kier alpha value is -1.68. The second kappa shape index (κ2) is 13.6. The summed E-state index contributed by atoms with van der Waals surface area (Å²) in [6.07, 6.45) is 7.63. The zero-order chi connectivity index (χ0) is 21.7. The van der Waals surface area contributed by atoms with Gasteiger partial charge in [0.15, 0.2) is 5.96 Å². The molecule has 0 radical (unpaired) electrons. The number of nitrogens with zero attached hydrogens (tertiary/aromatic N) is 1. The first-order chi connectivity index (χ1) is 14.5. The maximum Gasteiger partial charge on any atom is 0.240 e. The molecule has 2 rings (SSSR count). The molecule has 0 atom stereocenters. The van der Waals surface area contributed by atoms with Gasteiger partial charge in [-0.3, -0.25) is 4.99 Å². The van der Waals surface area contributed by atoms with E-state index in [4.69, 9.17) is 9.47 Å². The molecule has 0 heterocycles. The maximum atomic E-state index is 12.3. The second-order valence-corrected chi connectivity index (χ2v) is 9.14. The largest absolute Gasteiger partial charge is 0.383 e. The van der Waals surface area contributed by atoms with Crippen molar-refractivity contribution in [1.29, 1.82) is 0 Å². The third kappa shape index (κ3) is 8.99. The van der Waals surface area contributed by atoms with Crippen molar-refractivity contribution in [3.8, 4) is 0 Å². The molecule has 9 heteroatoms. The summed E-state index contributed by atoms with van der Waals surface area (Å²) in [5.74, 6) is 0.680. The number of ether oxygens (including phenoxy) is 2. The zero-order valence-electron chi connectivity index (χ0n) is 18.2. The average molecular weight is 441 g/mol. The number of guanidine groups is 1. The van der Waals surface area contributed by atoms with Crippen molar-refractivity contribution < 1.29 is 17.9 Å². The monoisotopic (exact) mass is 440 g/mol. The highest BCUT2D eigenvalue weighted by Gasteiger charge is 2.14. The number of aliphatic imine (C=N–C) groups is 1. The van der Waals surface area contributed by atoms with Crippen molar-refractivity contribution >= 4 is 16.0 Å². The van der Waals surface area contributed by atoms with E-state index in [0.29, 0.717) is 25.2 Å². The SMILES string of the molecule is CN=C(NCCCOC1CCCCC1)NCc1cccc(S(=O)(=O)NCCOC)c1. The van der Waals surface area contributed by atoms with Crippen LogP contribution in [0.15, 0.2) is 34.2 Å². The van der Waals surface area contributed by atoms with E-state index in [1.165, 1.54) is 39.2 Å². The number of nitrogens with one attached hydrogen (secondary N) is 3. The Bertz CT molecular complexity index is 749. The van der Waals surface area contributed by atoms with Crippen molar-refractivity contribution in [2.24, 2.45) is 4.99 Å². The molecule has 0 aromatic heterocycles. The normalized spacial score (nSPS) is 15.9. The molecule has 8 nitrogen and oxygen atoms in total. The van der Waals surface area contributed by atoms with Crippen LogP contribution >= 0.6 is 0 Å². The van der Waals surface area contributed by atoms with Gasteiger partial charge in [-0.25, -0.2) is 13.1 Å². The van der Waals surface area contributed by atoms with Gasteiger partial charge in [-0.05, 0) is 37.0 Å². The summed E-state index contributed by atoms with van der Waals surface area (Å²) in [4.78, 5) is 4.46. The van der Waals surface area contributed by atoms with E-state index < -0.39 is 10.0 Å². The number of methoxy groups -OCH3 is 1. The predicted molar refractivity (Wildman–Crippen MR) is 119 cm³/mol. The first-order valence-corrected chi connectivity index (χ1v) is 12.2. The first-order valence-electron chi connectivity index (χ1n) is 10.7. The molecule has 0 bridgehead atoms. The molecular weight excluding hydrogens is 404 g/mol. The van der Waals surface area contributed by atoms with Gasteiger partial charge in [0.05, 0.1) is 17.6 Å². The lowest BCUT2D eigenvalue weighted by molar-refractivity contribution is 0.0277.